The van der Waals surface area contributed by atoms with Crippen LogP contribution in [0.1, 0.15) is 13.3 Å². The van der Waals surface area contributed by atoms with Crippen LogP contribution in [0.5, 0.6) is 0 Å². The molecule has 3 rings (SSSR count). The Labute approximate surface area is 159 Å². The quantitative estimate of drug-likeness (QED) is 0.700. The third-order valence-corrected chi connectivity index (χ3v) is 5.57. The number of benzene rings is 3. The van der Waals surface area contributed by atoms with Crippen LogP contribution in [-0.4, -0.2) is 26.6 Å². The summed E-state index contributed by atoms with van der Waals surface area (Å²) < 4.78 is 26.1. The molecule has 5 nitrogen and oxygen atoms in total. The van der Waals surface area contributed by atoms with Crippen LogP contribution >= 0.6 is 0 Å². The Bertz CT molecular complexity index is 1040. The Morgan fingerprint density at radius 3 is 2.26 bits per heavy atom. The summed E-state index contributed by atoms with van der Waals surface area (Å²) in [6, 6.07) is 21.2. The minimum atomic E-state index is -3.64. The van der Waals surface area contributed by atoms with Crippen molar-refractivity contribution in [1.29, 1.82) is 0 Å². The van der Waals surface area contributed by atoms with E-state index in [1.807, 2.05) is 42.5 Å². The van der Waals surface area contributed by atoms with E-state index in [0.29, 0.717) is 17.8 Å². The Morgan fingerprint density at radius 2 is 1.59 bits per heavy atom. The highest BCUT2D eigenvalue weighted by Crippen LogP contribution is 2.26. The number of fused-ring (bicyclic) bond motifs is 1. The van der Waals surface area contributed by atoms with Crippen LogP contribution in [0.2, 0.25) is 0 Å². The molecule has 3 aromatic rings. The molecular formula is C21H22N2O3S. The number of rotatable bonds is 6. The van der Waals surface area contributed by atoms with E-state index in [0.717, 1.165) is 17.0 Å². The fraction of sp³-hybridized carbons (Fsp3) is 0.190. The van der Waals surface area contributed by atoms with Gasteiger partial charge in [0.05, 0.1) is 11.9 Å². The Morgan fingerprint density at radius 1 is 0.963 bits per heavy atom. The Hall–Kier alpha value is -2.86. The first-order valence-electron chi connectivity index (χ1n) is 8.75. The molecule has 0 aliphatic heterocycles. The van der Waals surface area contributed by atoms with E-state index in [9.17, 15) is 13.2 Å². The van der Waals surface area contributed by atoms with Crippen LogP contribution in [0.25, 0.3) is 10.8 Å². The van der Waals surface area contributed by atoms with Gasteiger partial charge in [-0.2, -0.15) is 0 Å². The van der Waals surface area contributed by atoms with Crippen molar-refractivity contribution in [2.45, 2.75) is 19.4 Å². The van der Waals surface area contributed by atoms with Crippen molar-refractivity contribution < 1.29 is 13.2 Å². The molecule has 3 aromatic carbocycles. The molecule has 1 unspecified atom stereocenters. The van der Waals surface area contributed by atoms with Gasteiger partial charge in [-0.25, -0.2) is 8.42 Å². The summed E-state index contributed by atoms with van der Waals surface area (Å²) in [5.41, 5.74) is 1.14. The molecule has 0 spiro atoms. The average Bonchev–Trinajstić information content (AvgIpc) is 2.66. The van der Waals surface area contributed by atoms with Gasteiger partial charge >= 0.3 is 0 Å². The number of hydrogen-bond donors (Lipinski definition) is 1. The van der Waals surface area contributed by atoms with E-state index in [4.69, 9.17) is 0 Å². The highest BCUT2D eigenvalue weighted by atomic mass is 32.2. The molecule has 0 saturated heterocycles. The summed E-state index contributed by atoms with van der Waals surface area (Å²) in [6.45, 7) is 1.80. The van der Waals surface area contributed by atoms with Crippen LogP contribution in [0.15, 0.2) is 72.8 Å². The van der Waals surface area contributed by atoms with Crippen molar-refractivity contribution >= 4 is 38.1 Å². The molecule has 0 aliphatic rings. The zero-order valence-electron chi connectivity index (χ0n) is 15.3. The highest BCUT2D eigenvalue weighted by Gasteiger charge is 2.31. The van der Waals surface area contributed by atoms with Crippen LogP contribution in [0, 0.1) is 0 Å². The van der Waals surface area contributed by atoms with E-state index < -0.39 is 16.1 Å². The molecular weight excluding hydrogens is 360 g/mol. The van der Waals surface area contributed by atoms with Crippen LogP contribution < -0.4 is 9.62 Å². The topological polar surface area (TPSA) is 66.5 Å². The maximum Gasteiger partial charge on any atom is 0.248 e. The van der Waals surface area contributed by atoms with Gasteiger partial charge in [0.1, 0.15) is 6.04 Å². The minimum absolute atomic E-state index is 0.346. The first-order valence-corrected chi connectivity index (χ1v) is 10.6. The lowest BCUT2D eigenvalue weighted by molar-refractivity contribution is -0.117. The SMILES string of the molecule is CCC(C(=O)Nc1cccc2ccccc12)N(c1ccccc1)S(C)(=O)=O. The van der Waals surface area contributed by atoms with Crippen molar-refractivity contribution in [1.82, 2.24) is 0 Å². The summed E-state index contributed by atoms with van der Waals surface area (Å²) in [5.74, 6) is -0.358. The van der Waals surface area contributed by atoms with Crippen molar-refractivity contribution in [2.75, 3.05) is 15.9 Å². The summed E-state index contributed by atoms with van der Waals surface area (Å²) in [7, 11) is -3.64. The smallest absolute Gasteiger partial charge is 0.248 e. The molecule has 0 radical (unpaired) electrons. The van der Waals surface area contributed by atoms with Gasteiger partial charge < -0.3 is 5.32 Å². The molecule has 140 valence electrons. The number of carbonyl (C=O) groups is 1. The number of amides is 1. The monoisotopic (exact) mass is 382 g/mol. The first kappa shape index (κ1) is 18.9. The number of nitrogens with one attached hydrogen (secondary N) is 1. The molecule has 0 bridgehead atoms. The lowest BCUT2D eigenvalue weighted by atomic mass is 10.1. The normalized spacial score (nSPS) is 12.5. The molecule has 0 heterocycles. The molecule has 0 aromatic heterocycles. The molecule has 1 atom stereocenters. The fourth-order valence-corrected chi connectivity index (χ4v) is 4.40. The fourth-order valence-electron chi connectivity index (χ4n) is 3.19. The van der Waals surface area contributed by atoms with E-state index in [-0.39, 0.29) is 5.91 Å². The van der Waals surface area contributed by atoms with E-state index >= 15 is 0 Å². The molecule has 0 saturated carbocycles. The van der Waals surface area contributed by atoms with Gasteiger partial charge in [-0.1, -0.05) is 61.5 Å². The lowest BCUT2D eigenvalue weighted by Crippen LogP contribution is -2.47. The first-order chi connectivity index (χ1) is 12.9. The number of carbonyl (C=O) groups excluding carboxylic acids is 1. The van der Waals surface area contributed by atoms with E-state index in [2.05, 4.69) is 5.32 Å². The lowest BCUT2D eigenvalue weighted by Gasteiger charge is -2.30. The van der Waals surface area contributed by atoms with E-state index in [1.54, 1.807) is 37.3 Å². The van der Waals surface area contributed by atoms with Gasteiger partial charge in [-0.3, -0.25) is 9.10 Å². The predicted octanol–water partition coefficient (Wildman–Crippen LogP) is 4.02. The summed E-state index contributed by atoms with van der Waals surface area (Å²) >= 11 is 0. The standard InChI is InChI=1S/C21H22N2O3S/c1-3-20(23(27(2,25)26)17-12-5-4-6-13-17)21(24)22-19-15-9-11-16-10-7-8-14-18(16)19/h4-15,20H,3H2,1-2H3,(H,22,24). The second-order valence-electron chi connectivity index (χ2n) is 6.33. The molecule has 1 amide bonds. The predicted molar refractivity (Wildman–Crippen MR) is 110 cm³/mol. The maximum atomic E-state index is 13.0. The molecule has 6 heteroatoms. The van der Waals surface area contributed by atoms with Gasteiger partial charge in [0.15, 0.2) is 0 Å². The van der Waals surface area contributed by atoms with Gasteiger partial charge in [0.2, 0.25) is 15.9 Å². The molecule has 0 aliphatic carbocycles. The van der Waals surface area contributed by atoms with Crippen LogP contribution in [0.4, 0.5) is 11.4 Å². The van der Waals surface area contributed by atoms with E-state index in [1.165, 1.54) is 4.31 Å². The summed E-state index contributed by atoms with van der Waals surface area (Å²) in [5, 5.41) is 4.83. The van der Waals surface area contributed by atoms with Crippen LogP contribution in [-0.2, 0) is 14.8 Å². The highest BCUT2D eigenvalue weighted by molar-refractivity contribution is 7.92. The average molecular weight is 382 g/mol. The number of hydrogen-bond acceptors (Lipinski definition) is 3. The largest absolute Gasteiger partial charge is 0.324 e. The van der Waals surface area contributed by atoms with Gasteiger partial charge in [-0.15, -0.1) is 0 Å². The number of anilines is 2. The molecule has 27 heavy (non-hydrogen) atoms. The molecule has 1 N–H and O–H groups in total. The maximum absolute atomic E-state index is 13.0. The second-order valence-corrected chi connectivity index (χ2v) is 8.19. The van der Waals surface area contributed by atoms with Crippen LogP contribution in [0.3, 0.4) is 0 Å². The van der Waals surface area contributed by atoms with Gasteiger partial charge in [0, 0.05) is 11.1 Å². The summed E-state index contributed by atoms with van der Waals surface area (Å²) in [4.78, 5) is 13.0. The Balaban J connectivity index is 1.97. The second kappa shape index (κ2) is 7.80. The van der Waals surface area contributed by atoms with Crippen molar-refractivity contribution in [3.63, 3.8) is 0 Å². The third-order valence-electron chi connectivity index (χ3n) is 4.39. The van der Waals surface area contributed by atoms with Crippen molar-refractivity contribution in [3.8, 4) is 0 Å². The zero-order chi connectivity index (χ0) is 19.4. The van der Waals surface area contributed by atoms with Crippen molar-refractivity contribution in [3.05, 3.63) is 72.8 Å². The Kier molecular flexibility index (Phi) is 5.46. The number of nitrogens with zero attached hydrogens (tertiary/aromatic N) is 1. The third kappa shape index (κ3) is 4.11. The van der Waals surface area contributed by atoms with Gasteiger partial charge in [-0.05, 0) is 30.0 Å². The molecule has 0 fully saturated rings. The minimum Gasteiger partial charge on any atom is -0.324 e. The number of sulfonamides is 1. The van der Waals surface area contributed by atoms with Crippen molar-refractivity contribution in [2.24, 2.45) is 0 Å². The zero-order valence-corrected chi connectivity index (χ0v) is 16.1. The van der Waals surface area contributed by atoms with Gasteiger partial charge in [0.25, 0.3) is 0 Å². The summed E-state index contributed by atoms with van der Waals surface area (Å²) in [6.07, 6.45) is 1.46. The number of para-hydroxylation sites is 1.